The van der Waals surface area contributed by atoms with Crippen LogP contribution in [-0.4, -0.2) is 201 Å². The number of anilines is 2. The van der Waals surface area contributed by atoms with Crippen LogP contribution in [0, 0.1) is 21.4 Å². The summed E-state index contributed by atoms with van der Waals surface area (Å²) in [5.41, 5.74) is 0.535. The minimum Gasteiger partial charge on any atom is -0.395 e. The van der Waals surface area contributed by atoms with Crippen molar-refractivity contribution in [1.82, 2.24) is 21.3 Å². The predicted molar refractivity (Wildman–Crippen MR) is 287 cm³/mol. The molecule has 0 radical (unpaired) electrons. The third kappa shape index (κ3) is 18.1. The van der Waals surface area contributed by atoms with E-state index in [4.69, 9.17) is 20.4 Å². The highest BCUT2D eigenvalue weighted by Gasteiger charge is 2.34. The summed E-state index contributed by atoms with van der Waals surface area (Å²) in [5.74, 6) is -3.61. The number of rotatable bonds is 23. The van der Waals surface area contributed by atoms with E-state index < -0.39 is 99.0 Å². The van der Waals surface area contributed by atoms with E-state index >= 15 is 0 Å². The lowest BCUT2D eigenvalue weighted by Gasteiger charge is -2.28. The lowest BCUT2D eigenvalue weighted by molar-refractivity contribution is -0.117. The van der Waals surface area contributed by atoms with Crippen molar-refractivity contribution < 1.29 is 84.9 Å². The Balaban J connectivity index is 0.000000661. The summed E-state index contributed by atoms with van der Waals surface area (Å²) in [6.07, 6.45) is -6.15. The number of aliphatic hydroxyl groups is 11. The molecule has 0 saturated heterocycles. The lowest BCUT2D eigenvalue weighted by atomic mass is 10.1. The van der Waals surface area contributed by atoms with Crippen molar-refractivity contribution in [2.45, 2.75) is 44.4 Å². The number of halogens is 6. The molecule has 2 rings (SSSR count). The quantitative estimate of drug-likeness (QED) is 0.0507. The monoisotopic (exact) mass is 1610 g/mol. The van der Waals surface area contributed by atoms with Gasteiger partial charge in [0, 0.05) is 47.2 Å². The molecule has 2 aromatic carbocycles. The van der Waals surface area contributed by atoms with Crippen LogP contribution in [0.2, 0.25) is 0 Å². The van der Waals surface area contributed by atoms with Crippen LogP contribution < -0.4 is 31.1 Å². The maximum Gasteiger partial charge on any atom is 0.253 e. The van der Waals surface area contributed by atoms with Crippen LogP contribution in [0.5, 0.6) is 0 Å². The molecule has 0 aromatic heterocycles. The van der Waals surface area contributed by atoms with Crippen molar-refractivity contribution in [3.05, 3.63) is 43.7 Å². The van der Waals surface area contributed by atoms with Gasteiger partial charge in [-0.2, -0.15) is 0 Å². The molecule has 0 aliphatic heterocycles. The zero-order chi connectivity index (χ0) is 50.7. The van der Waals surface area contributed by atoms with Crippen LogP contribution in [0.25, 0.3) is 0 Å². The number of nitrogens with one attached hydrogen (secondary N) is 4. The number of carbonyl (C=O) groups excluding carboxylic acids is 6. The molecule has 0 bridgehead atoms. The Labute approximate surface area is 460 Å². The summed E-state index contributed by atoms with van der Waals surface area (Å²) >= 11 is 11.0. The van der Waals surface area contributed by atoms with E-state index in [9.17, 15) is 64.5 Å². The fourth-order valence-corrected chi connectivity index (χ4v) is 14.7. The second-order valence-corrected chi connectivity index (χ2v) is 20.1. The van der Waals surface area contributed by atoms with Gasteiger partial charge in [0.2, 0.25) is 11.8 Å². The first-order chi connectivity index (χ1) is 30.9. The topological polar surface area (TPSA) is 380 Å². The maximum atomic E-state index is 13.0. The second kappa shape index (κ2) is 31.5. The first-order valence-electron chi connectivity index (χ1n) is 19.1. The largest absolute Gasteiger partial charge is 0.395 e. The maximum absolute atomic E-state index is 13.0. The van der Waals surface area contributed by atoms with Crippen LogP contribution in [0.15, 0.2) is 0 Å². The summed E-state index contributed by atoms with van der Waals surface area (Å²) < 4.78 is 1.68. The Morgan fingerprint density at radius 2 is 0.667 bits per heavy atom. The van der Waals surface area contributed by atoms with Crippen molar-refractivity contribution in [2.24, 2.45) is 0 Å². The minimum atomic E-state index is -1.29. The van der Waals surface area contributed by atoms with Gasteiger partial charge in [-0.3, -0.25) is 28.8 Å². The van der Waals surface area contributed by atoms with Crippen LogP contribution in [0.3, 0.4) is 0 Å². The van der Waals surface area contributed by atoms with E-state index in [1.165, 1.54) is 18.7 Å². The number of nitrogens with zero attached hydrogens (tertiary/aromatic N) is 2. The highest BCUT2D eigenvalue weighted by Crippen LogP contribution is 2.40. The number of aliphatic hydroxyl groups excluding tert-OH is 11. The third-order valence-corrected chi connectivity index (χ3v) is 14.9. The summed E-state index contributed by atoms with van der Waals surface area (Å²) in [6, 6.07) is 0. The van der Waals surface area contributed by atoms with Gasteiger partial charge in [-0.1, -0.05) is 0 Å². The van der Waals surface area contributed by atoms with Gasteiger partial charge in [0.05, 0.1) is 131 Å². The van der Waals surface area contributed by atoms with Gasteiger partial charge in [0.25, 0.3) is 23.6 Å². The molecule has 0 saturated carbocycles. The molecule has 0 heterocycles. The Morgan fingerprint density at radius 1 is 0.424 bits per heavy atom. The molecule has 15 N–H and O–H groups in total. The summed E-state index contributed by atoms with van der Waals surface area (Å²) in [5, 5.41) is 113. The minimum absolute atomic E-state index is 0.0133. The number of benzene rings is 2. The van der Waals surface area contributed by atoms with E-state index in [-0.39, 0.29) is 93.8 Å². The third-order valence-electron chi connectivity index (χ3n) is 8.53. The molecule has 2 aromatic rings. The molecule has 23 nitrogen and oxygen atoms in total. The average molecular weight is 1610 g/mol. The van der Waals surface area contributed by atoms with Crippen LogP contribution in [0.1, 0.15) is 55.3 Å². The van der Waals surface area contributed by atoms with Crippen molar-refractivity contribution >= 4 is 182 Å². The Morgan fingerprint density at radius 3 is 0.879 bits per heavy atom. The van der Waals surface area contributed by atoms with Crippen LogP contribution in [0.4, 0.5) is 11.4 Å². The van der Waals surface area contributed by atoms with Gasteiger partial charge in [-0.15, -0.1) is 0 Å². The van der Waals surface area contributed by atoms with E-state index in [2.05, 4.69) is 21.3 Å². The van der Waals surface area contributed by atoms with Gasteiger partial charge in [-0.25, -0.2) is 0 Å². The van der Waals surface area contributed by atoms with Crippen molar-refractivity contribution in [1.29, 1.82) is 0 Å². The van der Waals surface area contributed by atoms with Crippen molar-refractivity contribution in [2.75, 3.05) is 88.7 Å². The fourth-order valence-electron chi connectivity index (χ4n) is 5.21. The summed E-state index contributed by atoms with van der Waals surface area (Å²) in [4.78, 5) is 79.0. The van der Waals surface area contributed by atoms with Crippen molar-refractivity contribution in [3.63, 3.8) is 0 Å². The Hall–Kier alpha value is -0.800. The standard InChI is InChI=1S/C19H26I3N3O9.C18H24I3N3O8/c1-8(29)25(4-11(32)7-28)17-15(21)12(18(33)23-2-9(30)5-26)14(20)13(16(17)22)19(34)24-3-10(31)6-27;1-8(28)24(5-10(30)7-27)16-14(20)11(17(31)22-2-3-25)13(19)12(15(16)21)18(32)23-4-9(29)6-26/h9-11,26-28,30-32H,2-7H2,1H3,(H,23,33)(H,24,34);9-10,25-27,29-30H,2-7H2,1H3,(H,22,31)(H,23,32). The first-order valence-corrected chi connectivity index (χ1v) is 25.5. The number of carbonyl (C=O) groups is 6. The smallest absolute Gasteiger partial charge is 0.253 e. The zero-order valence-electron chi connectivity index (χ0n) is 34.9. The second-order valence-electron chi connectivity index (χ2n) is 13.6. The molecule has 29 heteroatoms. The lowest BCUT2D eigenvalue weighted by Crippen LogP contribution is -2.41. The molecule has 0 fully saturated rings. The molecular formula is C37H50I6N6O17. The first kappa shape index (κ1) is 63.2. The van der Waals surface area contributed by atoms with Crippen LogP contribution >= 0.6 is 136 Å². The van der Waals surface area contributed by atoms with Crippen molar-refractivity contribution in [3.8, 4) is 0 Å². The number of amides is 6. The van der Waals surface area contributed by atoms with Gasteiger partial charge in [0.15, 0.2) is 0 Å². The number of hydrogen-bond donors (Lipinski definition) is 15. The highest BCUT2D eigenvalue weighted by molar-refractivity contribution is 14.1. The number of hydrogen-bond acceptors (Lipinski definition) is 17. The van der Waals surface area contributed by atoms with Gasteiger partial charge in [-0.05, 0) is 136 Å². The molecule has 5 atom stereocenters. The Kier molecular flexibility index (Phi) is 30.2. The van der Waals surface area contributed by atoms with Gasteiger partial charge >= 0.3 is 0 Å². The van der Waals surface area contributed by atoms with E-state index in [1.807, 2.05) is 113 Å². The van der Waals surface area contributed by atoms with Gasteiger partial charge in [0.1, 0.15) is 0 Å². The summed E-state index contributed by atoms with van der Waals surface area (Å²) in [7, 11) is 0. The molecule has 66 heavy (non-hydrogen) atoms. The van der Waals surface area contributed by atoms with E-state index in [1.54, 1.807) is 22.6 Å². The van der Waals surface area contributed by atoms with E-state index in [0.29, 0.717) is 7.14 Å². The zero-order valence-corrected chi connectivity index (χ0v) is 47.8. The highest BCUT2D eigenvalue weighted by atomic mass is 127. The Bertz CT molecular complexity index is 1990. The molecule has 372 valence electrons. The van der Waals surface area contributed by atoms with E-state index in [0.717, 1.165) is 4.90 Å². The normalized spacial score (nSPS) is 13.3. The molecule has 0 aliphatic carbocycles. The molecule has 0 aliphatic rings. The summed E-state index contributed by atoms with van der Waals surface area (Å²) in [6.45, 7) is -2.17. The molecule has 6 amide bonds. The fraction of sp³-hybridized carbons (Fsp3) is 0.514. The van der Waals surface area contributed by atoms with Gasteiger partial charge < -0.3 is 87.2 Å². The molecular weight excluding hydrogens is 1560 g/mol. The molecule has 0 spiro atoms. The van der Waals surface area contributed by atoms with Crippen LogP contribution in [-0.2, 0) is 9.59 Å². The average Bonchev–Trinajstić information content (AvgIpc) is 3.27. The SMILES string of the molecule is CC(=O)N(CC(O)CO)c1c(I)c(C(=O)NCC(O)CO)c(I)c(C(=O)NCC(O)CO)c1I.CC(=O)N(CC(O)CO)c1c(I)c(C(=O)NCCO)c(I)c(C(=O)NCC(O)CO)c1I. The predicted octanol–water partition coefficient (Wildman–Crippen LogP) is -2.62. The molecule has 5 unspecified atom stereocenters.